The highest BCUT2D eigenvalue weighted by atomic mass is 32.2. The minimum absolute atomic E-state index is 0.0769. The van der Waals surface area contributed by atoms with E-state index in [9.17, 15) is 13.2 Å². The molecule has 0 amide bonds. The Kier molecular flexibility index (Phi) is 7.56. The van der Waals surface area contributed by atoms with Gasteiger partial charge in [-0.15, -0.1) is 0 Å². The van der Waals surface area contributed by atoms with Crippen molar-refractivity contribution in [2.45, 2.75) is 51.8 Å². The summed E-state index contributed by atoms with van der Waals surface area (Å²) < 4.78 is 34.9. The number of carbonyl (C=O) groups excluding carboxylic acids is 1. The first-order valence-corrected chi connectivity index (χ1v) is 8.52. The maximum absolute atomic E-state index is 12.5. The first-order chi connectivity index (χ1) is 9.64. The maximum atomic E-state index is 12.5. The molecule has 124 valence electrons. The summed E-state index contributed by atoms with van der Waals surface area (Å²) in [4.78, 5) is 9.62. The third-order valence-electron chi connectivity index (χ3n) is 3.92. The summed E-state index contributed by atoms with van der Waals surface area (Å²) in [6.45, 7) is 10.2. The fourth-order valence-corrected chi connectivity index (χ4v) is 3.77. The van der Waals surface area contributed by atoms with Gasteiger partial charge in [0.15, 0.2) is 4.87 Å². The minimum atomic E-state index is -4.00. The molecule has 0 bridgehead atoms. The second-order valence-electron chi connectivity index (χ2n) is 5.25. The van der Waals surface area contributed by atoms with Crippen LogP contribution < -0.4 is 5.73 Å². The lowest BCUT2D eigenvalue weighted by Crippen LogP contribution is -2.61. The number of nitrogens with two attached hydrogens (primary N) is 1. The highest BCUT2D eigenvalue weighted by molar-refractivity contribution is 7.88. The van der Waals surface area contributed by atoms with Gasteiger partial charge in [-0.3, -0.25) is 4.18 Å². The Bertz CT molecular complexity index is 462. The lowest BCUT2D eigenvalue weighted by Gasteiger charge is -2.43. The zero-order valence-corrected chi connectivity index (χ0v) is 14.2. The van der Waals surface area contributed by atoms with Gasteiger partial charge in [-0.1, -0.05) is 34.3 Å². The SMILES string of the molecule is C=CC(=O)OCC(C)(CC)C(N)(CC)S(=O)(=O)OCCC. The largest absolute Gasteiger partial charge is 0.462 e. The van der Waals surface area contributed by atoms with Gasteiger partial charge in [0.05, 0.1) is 13.2 Å². The van der Waals surface area contributed by atoms with Crippen LogP contribution in [0.15, 0.2) is 12.7 Å². The Labute approximate surface area is 127 Å². The molecule has 0 saturated carbocycles. The average Bonchev–Trinajstić information content (AvgIpc) is 2.48. The van der Waals surface area contributed by atoms with Gasteiger partial charge in [-0.05, 0) is 19.3 Å². The van der Waals surface area contributed by atoms with Crippen molar-refractivity contribution in [1.82, 2.24) is 0 Å². The van der Waals surface area contributed by atoms with Crippen LogP contribution >= 0.6 is 0 Å². The van der Waals surface area contributed by atoms with Gasteiger partial charge in [0, 0.05) is 11.5 Å². The number of hydrogen-bond acceptors (Lipinski definition) is 6. The molecule has 2 atom stereocenters. The maximum Gasteiger partial charge on any atom is 0.330 e. The highest BCUT2D eigenvalue weighted by Crippen LogP contribution is 2.40. The molecule has 0 aromatic rings. The summed E-state index contributed by atoms with van der Waals surface area (Å²) in [6, 6.07) is 0. The summed E-state index contributed by atoms with van der Waals surface area (Å²) in [7, 11) is -4.00. The normalized spacial score (nSPS) is 17.6. The van der Waals surface area contributed by atoms with Crippen LogP contribution in [0.2, 0.25) is 0 Å². The van der Waals surface area contributed by atoms with E-state index in [-0.39, 0.29) is 19.6 Å². The standard InChI is InChI=1S/C14H27NO5S/c1-6-10-20-21(17,18)14(15,9-4)13(5,8-3)11-19-12(16)7-2/h7H,2,6,8-11,15H2,1,3-5H3. The summed E-state index contributed by atoms with van der Waals surface area (Å²) in [5.41, 5.74) is 5.24. The molecular formula is C14H27NO5S. The number of carbonyl (C=O) groups is 1. The van der Waals surface area contributed by atoms with E-state index in [1.165, 1.54) is 0 Å². The molecule has 0 saturated heterocycles. The molecule has 21 heavy (non-hydrogen) atoms. The van der Waals surface area contributed by atoms with Crippen LogP contribution in [0.5, 0.6) is 0 Å². The van der Waals surface area contributed by atoms with Crippen molar-refractivity contribution in [2.24, 2.45) is 11.1 Å². The Balaban J connectivity index is 5.50. The van der Waals surface area contributed by atoms with E-state index in [1.807, 2.05) is 6.92 Å². The fourth-order valence-electron chi connectivity index (χ4n) is 2.02. The Hall–Kier alpha value is -0.920. The number of esters is 1. The molecule has 0 rings (SSSR count). The van der Waals surface area contributed by atoms with Crippen LogP contribution in [0.4, 0.5) is 0 Å². The lowest BCUT2D eigenvalue weighted by atomic mass is 9.79. The van der Waals surface area contributed by atoms with Crippen LogP contribution in [0.25, 0.3) is 0 Å². The number of ether oxygens (including phenoxy) is 1. The Morgan fingerprint density at radius 3 is 2.24 bits per heavy atom. The minimum Gasteiger partial charge on any atom is -0.462 e. The molecule has 0 aromatic heterocycles. The van der Waals surface area contributed by atoms with Crippen LogP contribution in [0, 0.1) is 5.41 Å². The summed E-state index contributed by atoms with van der Waals surface area (Å²) in [5, 5.41) is 0. The number of hydrogen-bond donors (Lipinski definition) is 1. The van der Waals surface area contributed by atoms with Crippen LogP contribution in [-0.2, 0) is 23.8 Å². The van der Waals surface area contributed by atoms with Gasteiger partial charge >= 0.3 is 5.97 Å². The van der Waals surface area contributed by atoms with Crippen molar-refractivity contribution >= 4 is 16.1 Å². The van der Waals surface area contributed by atoms with Crippen LogP contribution in [0.3, 0.4) is 0 Å². The van der Waals surface area contributed by atoms with Gasteiger partial charge in [-0.25, -0.2) is 4.79 Å². The second kappa shape index (κ2) is 7.91. The van der Waals surface area contributed by atoms with E-state index in [2.05, 4.69) is 6.58 Å². The van der Waals surface area contributed by atoms with Crippen molar-refractivity contribution in [3.05, 3.63) is 12.7 Å². The zero-order chi connectivity index (χ0) is 16.7. The van der Waals surface area contributed by atoms with E-state index in [1.54, 1.807) is 20.8 Å². The first kappa shape index (κ1) is 20.1. The first-order valence-electron chi connectivity index (χ1n) is 7.11. The lowest BCUT2D eigenvalue weighted by molar-refractivity contribution is -0.142. The van der Waals surface area contributed by atoms with E-state index in [0.29, 0.717) is 12.8 Å². The Morgan fingerprint density at radius 1 is 1.29 bits per heavy atom. The van der Waals surface area contributed by atoms with Gasteiger partial charge in [-0.2, -0.15) is 8.42 Å². The zero-order valence-electron chi connectivity index (χ0n) is 13.3. The van der Waals surface area contributed by atoms with E-state index in [0.717, 1.165) is 6.08 Å². The summed E-state index contributed by atoms with van der Waals surface area (Å²) in [6.07, 6.45) is 2.15. The molecule has 0 aliphatic rings. The molecule has 0 aliphatic carbocycles. The van der Waals surface area contributed by atoms with Crippen molar-refractivity contribution in [3.8, 4) is 0 Å². The van der Waals surface area contributed by atoms with Crippen LogP contribution in [-0.4, -0.2) is 32.5 Å². The molecular weight excluding hydrogens is 294 g/mol. The molecule has 0 fully saturated rings. The van der Waals surface area contributed by atoms with E-state index < -0.39 is 26.4 Å². The molecule has 0 heterocycles. The summed E-state index contributed by atoms with van der Waals surface area (Å²) in [5.74, 6) is -0.611. The van der Waals surface area contributed by atoms with Gasteiger partial charge < -0.3 is 10.5 Å². The highest BCUT2D eigenvalue weighted by Gasteiger charge is 2.54. The molecule has 0 aromatic carbocycles. The van der Waals surface area contributed by atoms with E-state index in [4.69, 9.17) is 14.7 Å². The van der Waals surface area contributed by atoms with Crippen molar-refractivity contribution in [2.75, 3.05) is 13.2 Å². The van der Waals surface area contributed by atoms with Crippen molar-refractivity contribution < 1.29 is 22.1 Å². The second-order valence-corrected chi connectivity index (χ2v) is 7.12. The number of rotatable bonds is 10. The molecule has 0 spiro atoms. The molecule has 2 unspecified atom stereocenters. The van der Waals surface area contributed by atoms with Gasteiger partial charge in [0.2, 0.25) is 0 Å². The van der Waals surface area contributed by atoms with Crippen molar-refractivity contribution in [3.63, 3.8) is 0 Å². The molecule has 7 heteroatoms. The molecule has 6 nitrogen and oxygen atoms in total. The molecule has 0 aliphatic heterocycles. The molecule has 0 radical (unpaired) electrons. The quantitative estimate of drug-likeness (QED) is 0.375. The average molecular weight is 321 g/mol. The topological polar surface area (TPSA) is 95.7 Å². The predicted molar refractivity (Wildman–Crippen MR) is 81.9 cm³/mol. The van der Waals surface area contributed by atoms with Crippen molar-refractivity contribution in [1.29, 1.82) is 0 Å². The fraction of sp³-hybridized carbons (Fsp3) is 0.786. The predicted octanol–water partition coefficient (Wildman–Crippen LogP) is 1.95. The third-order valence-corrected chi connectivity index (χ3v) is 6.07. The monoisotopic (exact) mass is 321 g/mol. The Morgan fingerprint density at radius 2 is 1.86 bits per heavy atom. The van der Waals surface area contributed by atoms with E-state index >= 15 is 0 Å². The summed E-state index contributed by atoms with van der Waals surface area (Å²) >= 11 is 0. The molecule has 2 N–H and O–H groups in total. The van der Waals surface area contributed by atoms with Gasteiger partial charge in [0.25, 0.3) is 10.1 Å². The third kappa shape index (κ3) is 4.28. The van der Waals surface area contributed by atoms with Crippen LogP contribution in [0.1, 0.15) is 47.0 Å². The van der Waals surface area contributed by atoms with Gasteiger partial charge in [0.1, 0.15) is 0 Å². The smallest absolute Gasteiger partial charge is 0.330 e.